The normalized spacial score (nSPS) is 15.6. The molecular formula is C22H30N6O2. The fourth-order valence-electron chi connectivity index (χ4n) is 3.80. The number of aryl methyl sites for hydroxylation is 2. The van der Waals surface area contributed by atoms with Crippen LogP contribution in [0.2, 0.25) is 0 Å². The fraction of sp³-hybridized carbons (Fsp3) is 0.545. The zero-order chi connectivity index (χ0) is 21.8. The second-order valence-electron chi connectivity index (χ2n) is 8.30. The van der Waals surface area contributed by atoms with Crippen LogP contribution in [0.25, 0.3) is 6.08 Å². The first-order valence-corrected chi connectivity index (χ1v) is 10.4. The lowest BCUT2D eigenvalue weighted by Gasteiger charge is -2.33. The van der Waals surface area contributed by atoms with E-state index in [1.54, 1.807) is 17.9 Å². The first-order chi connectivity index (χ1) is 14.3. The van der Waals surface area contributed by atoms with Gasteiger partial charge in [0.25, 0.3) is 5.91 Å². The van der Waals surface area contributed by atoms with Crippen LogP contribution in [0.3, 0.4) is 0 Å². The molecule has 2 aromatic heterocycles. The van der Waals surface area contributed by atoms with Crippen molar-refractivity contribution in [3.63, 3.8) is 0 Å². The Morgan fingerprint density at radius 1 is 1.27 bits per heavy atom. The molecule has 0 N–H and O–H groups in total. The standard InChI is InChI=1S/C22H30N6O2/c1-15(2)13-28-16(3)10-19(17(28)4)11-20(12-23)22(29)27-8-6-26(7-9-27)14-21-24-18(5)30-25-21/h10-11,15H,6-9,13-14H2,1-5H3/b20-11-. The van der Waals surface area contributed by atoms with Gasteiger partial charge in [-0.3, -0.25) is 9.69 Å². The summed E-state index contributed by atoms with van der Waals surface area (Å²) < 4.78 is 7.26. The molecule has 0 atom stereocenters. The maximum atomic E-state index is 13.0. The Labute approximate surface area is 177 Å². The van der Waals surface area contributed by atoms with Gasteiger partial charge >= 0.3 is 0 Å². The van der Waals surface area contributed by atoms with Gasteiger partial charge in [0.05, 0.1) is 6.54 Å². The van der Waals surface area contributed by atoms with Gasteiger partial charge in [0.2, 0.25) is 5.89 Å². The maximum absolute atomic E-state index is 13.0. The van der Waals surface area contributed by atoms with Crippen LogP contribution in [0.5, 0.6) is 0 Å². The molecule has 1 amide bonds. The number of piperazine rings is 1. The third-order valence-corrected chi connectivity index (χ3v) is 5.41. The molecular weight excluding hydrogens is 380 g/mol. The van der Waals surface area contributed by atoms with Crippen LogP contribution >= 0.6 is 0 Å². The van der Waals surface area contributed by atoms with E-state index in [1.165, 1.54) is 0 Å². The molecule has 1 saturated heterocycles. The average Bonchev–Trinajstić information content (AvgIpc) is 3.23. The lowest BCUT2D eigenvalue weighted by atomic mass is 10.1. The minimum absolute atomic E-state index is 0.182. The van der Waals surface area contributed by atoms with Crippen molar-refractivity contribution in [1.82, 2.24) is 24.5 Å². The molecule has 3 heterocycles. The average molecular weight is 411 g/mol. The van der Waals surface area contributed by atoms with Gasteiger partial charge in [0.1, 0.15) is 11.6 Å². The number of hydrogen-bond donors (Lipinski definition) is 0. The first kappa shape index (κ1) is 21.8. The van der Waals surface area contributed by atoms with Crippen LogP contribution in [-0.4, -0.2) is 56.6 Å². The summed E-state index contributed by atoms with van der Waals surface area (Å²) in [5.74, 6) is 1.52. The van der Waals surface area contributed by atoms with Gasteiger partial charge < -0.3 is 14.0 Å². The largest absolute Gasteiger partial charge is 0.348 e. The lowest BCUT2D eigenvalue weighted by molar-refractivity contribution is -0.128. The van der Waals surface area contributed by atoms with Crippen molar-refractivity contribution in [2.75, 3.05) is 26.2 Å². The molecule has 30 heavy (non-hydrogen) atoms. The van der Waals surface area contributed by atoms with E-state index in [1.807, 2.05) is 13.0 Å². The molecule has 1 aliphatic rings. The number of nitrogens with zero attached hydrogens (tertiary/aromatic N) is 6. The van der Waals surface area contributed by atoms with Crippen molar-refractivity contribution < 1.29 is 9.32 Å². The maximum Gasteiger partial charge on any atom is 0.264 e. The number of rotatable bonds is 6. The Kier molecular flexibility index (Phi) is 6.73. The predicted octanol–water partition coefficient (Wildman–Crippen LogP) is 2.70. The van der Waals surface area contributed by atoms with Crippen molar-refractivity contribution in [1.29, 1.82) is 5.26 Å². The molecule has 0 spiro atoms. The number of hydrogen-bond acceptors (Lipinski definition) is 6. The number of nitriles is 1. The molecule has 0 aromatic carbocycles. The predicted molar refractivity (Wildman–Crippen MR) is 113 cm³/mol. The molecule has 2 aromatic rings. The van der Waals surface area contributed by atoms with Gasteiger partial charge in [-0.1, -0.05) is 19.0 Å². The smallest absolute Gasteiger partial charge is 0.264 e. The van der Waals surface area contributed by atoms with E-state index in [4.69, 9.17) is 4.52 Å². The highest BCUT2D eigenvalue weighted by Crippen LogP contribution is 2.21. The molecule has 1 aliphatic heterocycles. The quantitative estimate of drug-likeness (QED) is 0.537. The van der Waals surface area contributed by atoms with Gasteiger partial charge in [-0.05, 0) is 37.5 Å². The molecule has 1 fully saturated rings. The highest BCUT2D eigenvalue weighted by Gasteiger charge is 2.25. The van der Waals surface area contributed by atoms with Crippen molar-refractivity contribution in [2.24, 2.45) is 5.92 Å². The number of aromatic nitrogens is 3. The number of amides is 1. The van der Waals surface area contributed by atoms with E-state index in [2.05, 4.69) is 46.4 Å². The highest BCUT2D eigenvalue weighted by molar-refractivity contribution is 6.01. The van der Waals surface area contributed by atoms with E-state index >= 15 is 0 Å². The summed E-state index contributed by atoms with van der Waals surface area (Å²) in [6.07, 6.45) is 1.73. The van der Waals surface area contributed by atoms with Crippen LogP contribution in [0.15, 0.2) is 16.2 Å². The van der Waals surface area contributed by atoms with Crippen LogP contribution in [0, 0.1) is 38.0 Å². The molecule has 0 bridgehead atoms. The Morgan fingerprint density at radius 2 is 1.97 bits per heavy atom. The van der Waals surface area contributed by atoms with E-state index in [0.717, 1.165) is 23.5 Å². The van der Waals surface area contributed by atoms with E-state index in [-0.39, 0.29) is 11.5 Å². The zero-order valence-corrected chi connectivity index (χ0v) is 18.5. The Bertz CT molecular complexity index is 970. The summed E-state index contributed by atoms with van der Waals surface area (Å²) in [6.45, 7) is 14.3. The molecule has 0 radical (unpaired) electrons. The summed E-state index contributed by atoms with van der Waals surface area (Å²) in [4.78, 5) is 21.1. The molecule has 3 rings (SSSR count). The van der Waals surface area contributed by atoms with E-state index in [0.29, 0.717) is 50.4 Å². The Balaban J connectivity index is 1.66. The topological polar surface area (TPSA) is 91.2 Å². The molecule has 8 nitrogen and oxygen atoms in total. The molecule has 8 heteroatoms. The Morgan fingerprint density at radius 3 is 2.53 bits per heavy atom. The van der Waals surface area contributed by atoms with E-state index < -0.39 is 0 Å². The van der Waals surface area contributed by atoms with Crippen LogP contribution in [0.1, 0.15) is 42.5 Å². The minimum Gasteiger partial charge on any atom is -0.348 e. The van der Waals surface area contributed by atoms with Crippen LogP contribution < -0.4 is 0 Å². The summed E-state index contributed by atoms with van der Waals surface area (Å²) >= 11 is 0. The minimum atomic E-state index is -0.207. The van der Waals surface area contributed by atoms with Crippen LogP contribution in [-0.2, 0) is 17.9 Å². The summed E-state index contributed by atoms with van der Waals surface area (Å²) in [5, 5.41) is 13.6. The number of carbonyl (C=O) groups excluding carboxylic acids is 1. The van der Waals surface area contributed by atoms with E-state index in [9.17, 15) is 10.1 Å². The molecule has 0 aliphatic carbocycles. The second kappa shape index (κ2) is 9.26. The van der Waals surface area contributed by atoms with Gasteiger partial charge in [0, 0.05) is 51.0 Å². The summed E-state index contributed by atoms with van der Waals surface area (Å²) in [7, 11) is 0. The third kappa shape index (κ3) is 4.97. The van der Waals surface area contributed by atoms with Gasteiger partial charge in [-0.15, -0.1) is 0 Å². The second-order valence-corrected chi connectivity index (χ2v) is 8.30. The van der Waals surface area contributed by atoms with Crippen molar-refractivity contribution in [3.8, 4) is 6.07 Å². The SMILES string of the molecule is Cc1nc(CN2CCN(C(=O)/C(C#N)=C\c3cc(C)n(CC(C)C)c3C)CC2)no1. The Hall–Kier alpha value is -2.92. The molecule has 160 valence electrons. The first-order valence-electron chi connectivity index (χ1n) is 10.4. The number of carbonyl (C=O) groups is 1. The van der Waals surface area contributed by atoms with Crippen LogP contribution in [0.4, 0.5) is 0 Å². The van der Waals surface area contributed by atoms with Crippen molar-refractivity contribution in [3.05, 3.63) is 40.3 Å². The van der Waals surface area contributed by atoms with Gasteiger partial charge in [-0.25, -0.2) is 0 Å². The summed E-state index contributed by atoms with van der Waals surface area (Å²) in [6, 6.07) is 4.16. The van der Waals surface area contributed by atoms with Crippen molar-refractivity contribution >= 4 is 12.0 Å². The van der Waals surface area contributed by atoms with Gasteiger partial charge in [0.15, 0.2) is 5.82 Å². The summed E-state index contributed by atoms with van der Waals surface area (Å²) in [5.41, 5.74) is 3.34. The zero-order valence-electron chi connectivity index (χ0n) is 18.5. The molecule has 0 saturated carbocycles. The third-order valence-electron chi connectivity index (χ3n) is 5.41. The molecule has 0 unspecified atom stereocenters. The monoisotopic (exact) mass is 410 g/mol. The fourth-order valence-corrected chi connectivity index (χ4v) is 3.80. The lowest BCUT2D eigenvalue weighted by Crippen LogP contribution is -2.48. The van der Waals surface area contributed by atoms with Gasteiger partial charge in [-0.2, -0.15) is 10.2 Å². The highest BCUT2D eigenvalue weighted by atomic mass is 16.5. The van der Waals surface area contributed by atoms with Crippen molar-refractivity contribution in [2.45, 2.75) is 47.7 Å².